The van der Waals surface area contributed by atoms with Crippen molar-refractivity contribution in [3.63, 3.8) is 0 Å². The van der Waals surface area contributed by atoms with Gasteiger partial charge in [0.15, 0.2) is 5.82 Å². The van der Waals surface area contributed by atoms with Gasteiger partial charge in [-0.05, 0) is 49.9 Å². The monoisotopic (exact) mass is 534 g/mol. The highest BCUT2D eigenvalue weighted by molar-refractivity contribution is 5.90. The fourth-order valence-corrected chi connectivity index (χ4v) is 5.58. The normalized spacial score (nSPS) is 16.7. The molecule has 2 aliphatic rings. The van der Waals surface area contributed by atoms with Gasteiger partial charge in [-0.25, -0.2) is 4.98 Å². The molecule has 5 aromatic rings. The molecule has 1 unspecified atom stereocenters. The Kier molecular flexibility index (Phi) is 6.51. The largest absolute Gasteiger partial charge is 0.352 e. The summed E-state index contributed by atoms with van der Waals surface area (Å²) in [5.41, 5.74) is 4.10. The summed E-state index contributed by atoms with van der Waals surface area (Å²) in [6, 6.07) is 14.4. The summed E-state index contributed by atoms with van der Waals surface area (Å²) in [6.07, 6.45) is 11.7. The number of nitrogens with zero attached hydrogens (tertiary/aromatic N) is 8. The van der Waals surface area contributed by atoms with Gasteiger partial charge in [0.1, 0.15) is 5.82 Å². The van der Waals surface area contributed by atoms with E-state index >= 15 is 0 Å². The van der Waals surface area contributed by atoms with E-state index in [1.54, 1.807) is 6.20 Å². The Bertz CT molecular complexity index is 1580. The Labute approximate surface area is 233 Å². The van der Waals surface area contributed by atoms with Gasteiger partial charge in [-0.15, -0.1) is 0 Å². The lowest BCUT2D eigenvalue weighted by molar-refractivity contribution is 0.266. The first-order valence-corrected chi connectivity index (χ1v) is 14.2. The molecule has 2 fully saturated rings. The van der Waals surface area contributed by atoms with Gasteiger partial charge in [0.25, 0.3) is 0 Å². The first kappa shape index (κ1) is 24.6. The maximum atomic E-state index is 5.04. The second kappa shape index (κ2) is 10.6. The van der Waals surface area contributed by atoms with E-state index in [9.17, 15) is 0 Å². The fraction of sp³-hybridized carbons (Fsp3) is 0.367. The van der Waals surface area contributed by atoms with Crippen LogP contribution in [0.3, 0.4) is 0 Å². The van der Waals surface area contributed by atoms with E-state index in [1.807, 2.05) is 30.6 Å². The Hall–Kier alpha value is -4.47. The number of pyridine rings is 1. The van der Waals surface area contributed by atoms with Gasteiger partial charge in [0.2, 0.25) is 5.95 Å². The van der Waals surface area contributed by atoms with Crippen molar-refractivity contribution in [3.8, 4) is 11.3 Å². The molecule has 0 radical (unpaired) electrons. The number of fused-ring (bicyclic) bond motifs is 1. The molecule has 0 amide bonds. The van der Waals surface area contributed by atoms with Gasteiger partial charge in [0.05, 0.1) is 23.4 Å². The maximum Gasteiger partial charge on any atom is 0.225 e. The highest BCUT2D eigenvalue weighted by Gasteiger charge is 2.23. The highest BCUT2D eigenvalue weighted by atomic mass is 15.3. The molecule has 204 valence electrons. The van der Waals surface area contributed by atoms with Crippen molar-refractivity contribution >= 4 is 28.5 Å². The molecule has 10 nitrogen and oxygen atoms in total. The molecule has 40 heavy (non-hydrogen) atoms. The Morgan fingerprint density at radius 2 is 1.85 bits per heavy atom. The van der Waals surface area contributed by atoms with Crippen LogP contribution in [0.15, 0.2) is 67.3 Å². The van der Waals surface area contributed by atoms with Crippen LogP contribution >= 0.6 is 0 Å². The molecule has 5 heterocycles. The number of hydrogen-bond acceptors (Lipinski definition) is 8. The average Bonchev–Trinajstić information content (AvgIpc) is 3.66. The van der Waals surface area contributed by atoms with Crippen LogP contribution in [0.5, 0.6) is 0 Å². The minimum atomic E-state index is 0.0506. The quantitative estimate of drug-likeness (QED) is 0.289. The molecule has 1 saturated heterocycles. The average molecular weight is 535 g/mol. The van der Waals surface area contributed by atoms with Crippen LogP contribution in [0.2, 0.25) is 0 Å². The molecule has 1 aliphatic heterocycles. The van der Waals surface area contributed by atoms with Crippen molar-refractivity contribution in [3.05, 3.63) is 72.8 Å². The first-order chi connectivity index (χ1) is 19.7. The topological polar surface area (TPSA) is 104 Å². The zero-order chi connectivity index (χ0) is 26.9. The van der Waals surface area contributed by atoms with Crippen molar-refractivity contribution < 1.29 is 0 Å². The minimum absolute atomic E-state index is 0.0506. The van der Waals surface area contributed by atoms with Crippen LogP contribution < -0.4 is 15.1 Å². The van der Waals surface area contributed by atoms with Gasteiger partial charge < -0.3 is 15.1 Å². The van der Waals surface area contributed by atoms with Gasteiger partial charge >= 0.3 is 0 Å². The third kappa shape index (κ3) is 4.97. The van der Waals surface area contributed by atoms with Gasteiger partial charge in [-0.1, -0.05) is 18.6 Å². The van der Waals surface area contributed by atoms with Crippen LogP contribution in [0.1, 0.15) is 37.8 Å². The molecular weight excluding hydrogens is 500 g/mol. The Morgan fingerprint density at radius 1 is 1.00 bits per heavy atom. The minimum Gasteiger partial charge on any atom is -0.352 e. The van der Waals surface area contributed by atoms with Crippen molar-refractivity contribution in [2.24, 2.45) is 5.92 Å². The van der Waals surface area contributed by atoms with E-state index in [-0.39, 0.29) is 6.04 Å². The lowest BCUT2D eigenvalue weighted by Crippen LogP contribution is -2.47. The number of nitrogens with one attached hydrogen (secondary N) is 2. The summed E-state index contributed by atoms with van der Waals surface area (Å²) < 4.78 is 2.09. The lowest BCUT2D eigenvalue weighted by Gasteiger charge is -2.36. The molecule has 1 aromatic carbocycles. The molecule has 7 rings (SSSR count). The molecule has 4 aromatic heterocycles. The van der Waals surface area contributed by atoms with Crippen molar-refractivity contribution in [1.29, 1.82) is 0 Å². The van der Waals surface area contributed by atoms with E-state index in [1.165, 1.54) is 19.3 Å². The summed E-state index contributed by atoms with van der Waals surface area (Å²) >= 11 is 0. The molecule has 1 atom stereocenters. The zero-order valence-electron chi connectivity index (χ0n) is 22.7. The van der Waals surface area contributed by atoms with Gasteiger partial charge in [-0.3, -0.25) is 14.8 Å². The molecule has 1 aliphatic carbocycles. The number of para-hydroxylation sites is 1. The number of anilines is 3. The van der Waals surface area contributed by atoms with E-state index < -0.39 is 0 Å². The van der Waals surface area contributed by atoms with E-state index in [2.05, 4.69) is 77.5 Å². The number of aromatic nitrogens is 7. The smallest absolute Gasteiger partial charge is 0.225 e. The molecule has 2 N–H and O–H groups in total. The SMILES string of the molecule is CC(Nc1nc(N2CCN(c3cc(-c4cccnc4)[nH]n3)CC2)c2ccccc2n1)c1cnn(CC2CCC2)c1. The van der Waals surface area contributed by atoms with Crippen LogP contribution in [0, 0.1) is 5.92 Å². The van der Waals surface area contributed by atoms with Crippen molar-refractivity contribution in [2.75, 3.05) is 41.3 Å². The standard InChI is InChI=1S/C30H34N10/c1-21(24-18-32-40(20-24)19-22-6-4-7-22)33-30-34-26-10-3-2-9-25(26)29(35-30)39-14-12-38(13-15-39)28-16-27(36-37-28)23-8-5-11-31-17-23/h2-3,5,8-11,16-18,20-22H,4,6-7,12-15,19H2,1H3,(H,36,37)(H,33,34,35). The predicted octanol–water partition coefficient (Wildman–Crippen LogP) is 4.91. The predicted molar refractivity (Wildman–Crippen MR) is 157 cm³/mol. The number of hydrogen-bond donors (Lipinski definition) is 2. The maximum absolute atomic E-state index is 5.04. The number of piperazine rings is 1. The van der Waals surface area contributed by atoms with Crippen molar-refractivity contribution in [1.82, 2.24) is 34.9 Å². The summed E-state index contributed by atoms with van der Waals surface area (Å²) in [5, 5.41) is 17.0. The Balaban J connectivity index is 1.06. The van der Waals surface area contributed by atoms with Gasteiger partial charge in [-0.2, -0.15) is 15.2 Å². The number of aromatic amines is 1. The summed E-state index contributed by atoms with van der Waals surface area (Å²) in [7, 11) is 0. The molecule has 1 saturated carbocycles. The van der Waals surface area contributed by atoms with Crippen LogP contribution in [-0.4, -0.2) is 61.1 Å². The molecular formula is C30H34N10. The molecule has 0 bridgehead atoms. The lowest BCUT2D eigenvalue weighted by atomic mass is 9.85. The van der Waals surface area contributed by atoms with Crippen LogP contribution in [-0.2, 0) is 6.54 Å². The van der Waals surface area contributed by atoms with Crippen LogP contribution in [0.4, 0.5) is 17.6 Å². The number of H-pyrrole nitrogens is 1. The second-order valence-electron chi connectivity index (χ2n) is 10.9. The second-order valence-corrected chi connectivity index (χ2v) is 10.9. The molecule has 10 heteroatoms. The molecule has 0 spiro atoms. The number of benzene rings is 1. The van der Waals surface area contributed by atoms with Crippen LogP contribution in [0.25, 0.3) is 22.2 Å². The van der Waals surface area contributed by atoms with E-state index in [0.717, 1.165) is 78.0 Å². The Morgan fingerprint density at radius 3 is 2.65 bits per heavy atom. The van der Waals surface area contributed by atoms with Gasteiger partial charge in [0, 0.05) is 73.9 Å². The third-order valence-corrected chi connectivity index (χ3v) is 8.19. The first-order valence-electron chi connectivity index (χ1n) is 14.2. The third-order valence-electron chi connectivity index (χ3n) is 8.19. The van der Waals surface area contributed by atoms with E-state index in [4.69, 9.17) is 9.97 Å². The highest BCUT2D eigenvalue weighted by Crippen LogP contribution is 2.30. The zero-order valence-corrected chi connectivity index (χ0v) is 22.7. The van der Waals surface area contributed by atoms with E-state index in [0.29, 0.717) is 5.95 Å². The number of rotatable bonds is 8. The summed E-state index contributed by atoms with van der Waals surface area (Å²) in [6.45, 7) is 6.56. The fourth-order valence-electron chi connectivity index (χ4n) is 5.58. The summed E-state index contributed by atoms with van der Waals surface area (Å²) in [5.74, 6) is 3.35. The summed E-state index contributed by atoms with van der Waals surface area (Å²) in [4.78, 5) is 18.8. The van der Waals surface area contributed by atoms with Crippen molar-refractivity contribution in [2.45, 2.75) is 38.8 Å².